The molecule has 3 nitrogen and oxygen atoms in total. The fourth-order valence-electron chi connectivity index (χ4n) is 0.946. The minimum Gasteiger partial charge on any atom is -0.504 e. The van der Waals surface area contributed by atoms with E-state index in [1.54, 1.807) is 18.2 Å². The molecule has 14 heavy (non-hydrogen) atoms. The summed E-state index contributed by atoms with van der Waals surface area (Å²) in [5.74, 6) is 0.0418. The molecule has 0 spiro atoms. The molecule has 0 radical (unpaired) electrons. The molecule has 0 aliphatic carbocycles. The number of phenolic OH excluding ortho intramolecular Hbond substituents is 1. The molecule has 1 rings (SSSR count). The molecular formula is C10H11ClO3. The second-order valence-electron chi connectivity index (χ2n) is 2.93. The number of aromatic hydroxyl groups is 1. The van der Waals surface area contributed by atoms with Gasteiger partial charge in [0.15, 0.2) is 17.3 Å². The molecule has 0 atom stereocenters. The van der Waals surface area contributed by atoms with Crippen LogP contribution < -0.4 is 4.74 Å². The quantitative estimate of drug-likeness (QED) is 0.779. The predicted octanol–water partition coefficient (Wildman–Crippen LogP) is 1.89. The normalized spacial score (nSPS) is 9.86. The van der Waals surface area contributed by atoms with Gasteiger partial charge in [-0.05, 0) is 24.6 Å². The van der Waals surface area contributed by atoms with E-state index < -0.39 is 0 Å². The average Bonchev–Trinajstić information content (AvgIpc) is 2.16. The highest BCUT2D eigenvalue weighted by atomic mass is 35.5. The number of alkyl halides is 1. The Bertz CT molecular complexity index is 336. The third kappa shape index (κ3) is 2.92. The summed E-state index contributed by atoms with van der Waals surface area (Å²) in [6, 6.07) is 4.98. The van der Waals surface area contributed by atoms with Crippen LogP contribution in [0.2, 0.25) is 0 Å². The minimum absolute atomic E-state index is 0.0346. The molecule has 0 aromatic heterocycles. The van der Waals surface area contributed by atoms with Gasteiger partial charge in [-0.15, -0.1) is 11.6 Å². The van der Waals surface area contributed by atoms with E-state index in [-0.39, 0.29) is 24.0 Å². The second kappa shape index (κ2) is 4.86. The van der Waals surface area contributed by atoms with E-state index in [2.05, 4.69) is 0 Å². The Balaban J connectivity index is 2.63. The number of Topliss-reactive ketones (excluding diaryl/α,β-unsaturated/α-hetero) is 1. The Morgan fingerprint density at radius 1 is 1.57 bits per heavy atom. The van der Waals surface area contributed by atoms with Crippen LogP contribution in [0.5, 0.6) is 11.5 Å². The number of ketones is 1. The molecular weight excluding hydrogens is 204 g/mol. The van der Waals surface area contributed by atoms with E-state index in [1.165, 1.54) is 0 Å². The lowest BCUT2D eigenvalue weighted by molar-refractivity contribution is -0.118. The van der Waals surface area contributed by atoms with Crippen LogP contribution in [0.15, 0.2) is 18.2 Å². The maximum Gasteiger partial charge on any atom is 0.184 e. The summed E-state index contributed by atoms with van der Waals surface area (Å²) in [5, 5.41) is 9.41. The highest BCUT2D eigenvalue weighted by Crippen LogP contribution is 2.26. The first kappa shape index (κ1) is 10.9. The molecule has 1 aromatic carbocycles. The highest BCUT2D eigenvalue weighted by Gasteiger charge is 2.05. The van der Waals surface area contributed by atoms with Crippen LogP contribution in [0.4, 0.5) is 0 Å². The summed E-state index contributed by atoms with van der Waals surface area (Å²) in [6.07, 6.45) is 0. The predicted molar refractivity (Wildman–Crippen MR) is 54.1 cm³/mol. The summed E-state index contributed by atoms with van der Waals surface area (Å²) >= 11 is 5.29. The van der Waals surface area contributed by atoms with Crippen LogP contribution in [-0.2, 0) is 4.79 Å². The minimum atomic E-state index is -0.216. The van der Waals surface area contributed by atoms with Gasteiger partial charge < -0.3 is 9.84 Å². The van der Waals surface area contributed by atoms with Crippen molar-refractivity contribution in [2.75, 3.05) is 12.5 Å². The molecule has 0 saturated carbocycles. The monoisotopic (exact) mass is 214 g/mol. The summed E-state index contributed by atoms with van der Waals surface area (Å²) in [6.45, 7) is 1.74. The lowest BCUT2D eigenvalue weighted by Crippen LogP contribution is -2.12. The highest BCUT2D eigenvalue weighted by molar-refractivity contribution is 6.27. The standard InChI is InChI=1S/C10H11ClO3/c1-7-2-3-10(9(13)4-7)14-6-8(12)5-11/h2-4,13H,5-6H2,1H3. The largest absolute Gasteiger partial charge is 0.504 e. The van der Waals surface area contributed by atoms with Crippen LogP contribution >= 0.6 is 11.6 Å². The number of rotatable bonds is 4. The number of aryl methyl sites for hydroxylation is 1. The lowest BCUT2D eigenvalue weighted by Gasteiger charge is -2.06. The van der Waals surface area contributed by atoms with Crippen LogP contribution in [0.25, 0.3) is 0 Å². The first-order chi connectivity index (χ1) is 6.63. The summed E-state index contributed by atoms with van der Waals surface area (Å²) in [7, 11) is 0. The molecule has 0 aliphatic heterocycles. The fraction of sp³-hybridized carbons (Fsp3) is 0.300. The Morgan fingerprint density at radius 2 is 2.29 bits per heavy atom. The van der Waals surface area contributed by atoms with E-state index in [1.807, 2.05) is 6.92 Å². The topological polar surface area (TPSA) is 46.5 Å². The Morgan fingerprint density at radius 3 is 2.86 bits per heavy atom. The van der Waals surface area contributed by atoms with Gasteiger partial charge in [0.05, 0.1) is 5.88 Å². The smallest absolute Gasteiger partial charge is 0.184 e. The van der Waals surface area contributed by atoms with Crippen molar-refractivity contribution in [2.45, 2.75) is 6.92 Å². The Labute approximate surface area is 87.3 Å². The van der Waals surface area contributed by atoms with Gasteiger partial charge in [-0.25, -0.2) is 0 Å². The van der Waals surface area contributed by atoms with Crippen LogP contribution in [0.3, 0.4) is 0 Å². The molecule has 76 valence electrons. The molecule has 0 amide bonds. The van der Waals surface area contributed by atoms with Crippen molar-refractivity contribution in [3.8, 4) is 11.5 Å². The number of carbonyl (C=O) groups is 1. The van der Waals surface area contributed by atoms with E-state index in [0.29, 0.717) is 5.75 Å². The Kier molecular flexibility index (Phi) is 3.77. The first-order valence-electron chi connectivity index (χ1n) is 4.13. The number of phenols is 1. The lowest BCUT2D eigenvalue weighted by atomic mass is 10.2. The van der Waals surface area contributed by atoms with Crippen molar-refractivity contribution in [1.29, 1.82) is 0 Å². The molecule has 0 saturated heterocycles. The second-order valence-corrected chi connectivity index (χ2v) is 3.20. The molecule has 0 unspecified atom stereocenters. The molecule has 0 bridgehead atoms. The fourth-order valence-corrected chi connectivity index (χ4v) is 1.02. The van der Waals surface area contributed by atoms with Gasteiger partial charge in [0.2, 0.25) is 0 Å². The molecule has 4 heteroatoms. The Hall–Kier alpha value is -1.22. The van der Waals surface area contributed by atoms with Gasteiger partial charge in [0.25, 0.3) is 0 Å². The number of ether oxygens (including phenoxy) is 1. The number of hydrogen-bond donors (Lipinski definition) is 1. The van der Waals surface area contributed by atoms with E-state index in [0.717, 1.165) is 5.56 Å². The van der Waals surface area contributed by atoms with E-state index in [4.69, 9.17) is 16.3 Å². The third-order valence-electron chi connectivity index (χ3n) is 1.65. The zero-order valence-corrected chi connectivity index (χ0v) is 8.54. The van der Waals surface area contributed by atoms with Gasteiger partial charge in [0.1, 0.15) is 6.61 Å². The van der Waals surface area contributed by atoms with Gasteiger partial charge in [-0.1, -0.05) is 6.07 Å². The maximum atomic E-state index is 10.8. The molecule has 0 aliphatic rings. The maximum absolute atomic E-state index is 10.8. The molecule has 0 fully saturated rings. The van der Waals surface area contributed by atoms with Gasteiger partial charge >= 0.3 is 0 Å². The number of halogens is 1. The van der Waals surface area contributed by atoms with Crippen LogP contribution in [0, 0.1) is 6.92 Å². The zero-order valence-electron chi connectivity index (χ0n) is 7.79. The van der Waals surface area contributed by atoms with Crippen molar-refractivity contribution in [1.82, 2.24) is 0 Å². The average molecular weight is 215 g/mol. The number of carbonyl (C=O) groups excluding carboxylic acids is 1. The summed E-state index contributed by atoms with van der Waals surface area (Å²) < 4.78 is 5.06. The zero-order chi connectivity index (χ0) is 10.6. The van der Waals surface area contributed by atoms with Crippen LogP contribution in [0.1, 0.15) is 5.56 Å². The third-order valence-corrected chi connectivity index (χ3v) is 1.95. The van der Waals surface area contributed by atoms with Crippen molar-refractivity contribution in [3.63, 3.8) is 0 Å². The number of hydrogen-bond acceptors (Lipinski definition) is 3. The van der Waals surface area contributed by atoms with Crippen molar-refractivity contribution in [3.05, 3.63) is 23.8 Å². The van der Waals surface area contributed by atoms with Crippen molar-refractivity contribution < 1.29 is 14.6 Å². The summed E-state index contributed by atoms with van der Waals surface area (Å²) in [4.78, 5) is 10.8. The van der Waals surface area contributed by atoms with E-state index in [9.17, 15) is 9.90 Å². The molecule has 0 heterocycles. The molecule has 1 N–H and O–H groups in total. The summed E-state index contributed by atoms with van der Waals surface area (Å²) in [5.41, 5.74) is 0.929. The SMILES string of the molecule is Cc1ccc(OCC(=O)CCl)c(O)c1. The van der Waals surface area contributed by atoms with Gasteiger partial charge in [0, 0.05) is 0 Å². The van der Waals surface area contributed by atoms with Crippen molar-refractivity contribution in [2.24, 2.45) is 0 Å². The van der Waals surface area contributed by atoms with Gasteiger partial charge in [-0.3, -0.25) is 4.79 Å². The number of benzene rings is 1. The molecule has 1 aromatic rings. The van der Waals surface area contributed by atoms with Crippen LogP contribution in [-0.4, -0.2) is 23.4 Å². The van der Waals surface area contributed by atoms with Crippen molar-refractivity contribution >= 4 is 17.4 Å². The van der Waals surface area contributed by atoms with E-state index >= 15 is 0 Å². The van der Waals surface area contributed by atoms with Gasteiger partial charge in [-0.2, -0.15) is 0 Å². The first-order valence-corrected chi connectivity index (χ1v) is 4.67.